The van der Waals surface area contributed by atoms with Gasteiger partial charge in [0.1, 0.15) is 0 Å². The van der Waals surface area contributed by atoms with Crippen molar-refractivity contribution in [3.63, 3.8) is 0 Å². The number of amides is 1. The lowest BCUT2D eigenvalue weighted by molar-refractivity contribution is -0.138. The number of rotatable bonds is 3. The van der Waals surface area contributed by atoms with E-state index in [9.17, 15) is 4.79 Å². The van der Waals surface area contributed by atoms with Gasteiger partial charge in [0, 0.05) is 23.6 Å². The highest BCUT2D eigenvalue weighted by atomic mass is 79.9. The first-order chi connectivity index (χ1) is 9.42. The fourth-order valence-corrected chi connectivity index (χ4v) is 3.40. The highest BCUT2D eigenvalue weighted by molar-refractivity contribution is 9.10. The molecule has 0 aliphatic heterocycles. The third-order valence-corrected chi connectivity index (χ3v) is 5.07. The van der Waals surface area contributed by atoms with Gasteiger partial charge in [0.2, 0.25) is 5.91 Å². The average molecular weight is 339 g/mol. The molecule has 1 amide bonds. The van der Waals surface area contributed by atoms with Crippen molar-refractivity contribution < 1.29 is 4.79 Å². The Labute approximate surface area is 129 Å². The van der Waals surface area contributed by atoms with Gasteiger partial charge < -0.3 is 10.6 Å². The molecular formula is C16H23BrN2O. The second-order valence-electron chi connectivity index (χ2n) is 6.09. The first-order valence-corrected chi connectivity index (χ1v) is 7.98. The quantitative estimate of drug-likeness (QED) is 0.918. The maximum atomic E-state index is 12.7. The minimum Gasteiger partial charge on any atom is -0.341 e. The molecule has 2 atom stereocenters. The maximum absolute atomic E-state index is 12.7. The van der Waals surface area contributed by atoms with Gasteiger partial charge in [-0.15, -0.1) is 0 Å². The molecule has 0 saturated heterocycles. The molecule has 0 radical (unpaired) electrons. The van der Waals surface area contributed by atoms with Gasteiger partial charge in [-0.1, -0.05) is 47.0 Å². The molecule has 0 heterocycles. The van der Waals surface area contributed by atoms with Crippen molar-refractivity contribution in [3.05, 3.63) is 34.3 Å². The molecule has 110 valence electrons. The summed E-state index contributed by atoms with van der Waals surface area (Å²) in [6.45, 7) is 2.63. The van der Waals surface area contributed by atoms with Gasteiger partial charge >= 0.3 is 0 Å². The predicted molar refractivity (Wildman–Crippen MR) is 85.2 cm³/mol. The molecule has 0 spiro atoms. The fourth-order valence-electron chi connectivity index (χ4n) is 2.99. The number of hydrogen-bond donors (Lipinski definition) is 1. The summed E-state index contributed by atoms with van der Waals surface area (Å²) in [4.78, 5) is 14.5. The molecule has 0 bridgehead atoms. The summed E-state index contributed by atoms with van der Waals surface area (Å²) in [6, 6.07) is 8.01. The molecule has 1 aliphatic carbocycles. The van der Waals surface area contributed by atoms with Crippen molar-refractivity contribution in [2.24, 2.45) is 11.7 Å². The molecule has 1 fully saturated rings. The number of carbonyl (C=O) groups is 1. The topological polar surface area (TPSA) is 46.3 Å². The number of halogens is 1. The lowest BCUT2D eigenvalue weighted by atomic mass is 9.74. The van der Waals surface area contributed by atoms with Crippen LogP contribution in [-0.4, -0.2) is 23.4 Å². The van der Waals surface area contributed by atoms with E-state index < -0.39 is 0 Å². The summed E-state index contributed by atoms with van der Waals surface area (Å²) in [5, 5.41) is 0. The summed E-state index contributed by atoms with van der Waals surface area (Å²) in [6.07, 6.45) is 4.08. The van der Waals surface area contributed by atoms with Crippen LogP contribution in [0.2, 0.25) is 0 Å². The van der Waals surface area contributed by atoms with Crippen LogP contribution < -0.4 is 5.73 Å². The molecule has 2 N–H and O–H groups in total. The highest BCUT2D eigenvalue weighted by Gasteiger charge is 2.39. The number of hydrogen-bond acceptors (Lipinski definition) is 2. The largest absolute Gasteiger partial charge is 0.341 e. The molecular weight excluding hydrogens is 316 g/mol. The molecule has 2 unspecified atom stereocenters. The Morgan fingerprint density at radius 1 is 1.45 bits per heavy atom. The SMILES string of the molecule is CN(Cc1ccccc1Br)C(=O)C1CCCCC1(C)N. The van der Waals surface area contributed by atoms with Crippen LogP contribution in [-0.2, 0) is 11.3 Å². The van der Waals surface area contributed by atoms with Gasteiger partial charge in [-0.3, -0.25) is 4.79 Å². The second kappa shape index (κ2) is 6.27. The molecule has 3 nitrogen and oxygen atoms in total. The second-order valence-corrected chi connectivity index (χ2v) is 6.94. The van der Waals surface area contributed by atoms with E-state index in [0.717, 1.165) is 35.7 Å². The summed E-state index contributed by atoms with van der Waals surface area (Å²) in [5.41, 5.74) is 7.09. The zero-order valence-corrected chi connectivity index (χ0v) is 13.8. The highest BCUT2D eigenvalue weighted by Crippen LogP contribution is 2.33. The molecule has 2 rings (SSSR count). The van der Waals surface area contributed by atoms with Crippen molar-refractivity contribution in [2.75, 3.05) is 7.05 Å². The Balaban J connectivity index is 2.07. The smallest absolute Gasteiger partial charge is 0.227 e. The van der Waals surface area contributed by atoms with Crippen molar-refractivity contribution >= 4 is 21.8 Å². The van der Waals surface area contributed by atoms with E-state index in [1.165, 1.54) is 0 Å². The van der Waals surface area contributed by atoms with E-state index in [2.05, 4.69) is 15.9 Å². The minimum absolute atomic E-state index is 0.0521. The lowest BCUT2D eigenvalue weighted by Gasteiger charge is -2.39. The fraction of sp³-hybridized carbons (Fsp3) is 0.562. The Morgan fingerprint density at radius 3 is 2.80 bits per heavy atom. The standard InChI is InChI=1S/C16H23BrN2O/c1-16(18)10-6-5-8-13(16)15(20)19(2)11-12-7-3-4-9-14(12)17/h3-4,7,9,13H,5-6,8,10-11,18H2,1-2H3. The van der Waals surface area contributed by atoms with Gasteiger partial charge in [-0.25, -0.2) is 0 Å². The van der Waals surface area contributed by atoms with Crippen LogP contribution in [0.25, 0.3) is 0 Å². The van der Waals surface area contributed by atoms with E-state index in [-0.39, 0.29) is 17.4 Å². The Kier molecular flexibility index (Phi) is 4.86. The van der Waals surface area contributed by atoms with Crippen LogP contribution in [0.5, 0.6) is 0 Å². The zero-order chi connectivity index (χ0) is 14.8. The summed E-state index contributed by atoms with van der Waals surface area (Å²) in [5.74, 6) is 0.120. The van der Waals surface area contributed by atoms with Crippen LogP contribution in [0.15, 0.2) is 28.7 Å². The minimum atomic E-state index is -0.364. The van der Waals surface area contributed by atoms with E-state index in [4.69, 9.17) is 5.73 Å². The third-order valence-electron chi connectivity index (χ3n) is 4.29. The Morgan fingerprint density at radius 2 is 2.15 bits per heavy atom. The Bertz CT molecular complexity index is 487. The van der Waals surface area contributed by atoms with Crippen LogP contribution in [0.4, 0.5) is 0 Å². The number of nitrogens with zero attached hydrogens (tertiary/aromatic N) is 1. The van der Waals surface area contributed by atoms with Gasteiger partial charge in [0.15, 0.2) is 0 Å². The number of benzene rings is 1. The third kappa shape index (κ3) is 3.41. The molecule has 1 saturated carbocycles. The predicted octanol–water partition coefficient (Wildman–Crippen LogP) is 3.32. The van der Waals surface area contributed by atoms with E-state index >= 15 is 0 Å². The van der Waals surface area contributed by atoms with Crippen molar-refractivity contribution in [1.29, 1.82) is 0 Å². The molecule has 1 aromatic rings. The molecule has 0 aromatic heterocycles. The van der Waals surface area contributed by atoms with Crippen LogP contribution in [0.1, 0.15) is 38.2 Å². The van der Waals surface area contributed by atoms with Crippen molar-refractivity contribution in [3.8, 4) is 0 Å². The van der Waals surface area contributed by atoms with E-state index in [1.54, 1.807) is 4.90 Å². The lowest BCUT2D eigenvalue weighted by Crippen LogP contribution is -2.53. The molecule has 4 heteroatoms. The summed E-state index contributed by atoms with van der Waals surface area (Å²) < 4.78 is 1.04. The average Bonchev–Trinajstić information content (AvgIpc) is 2.40. The first kappa shape index (κ1) is 15.5. The molecule has 1 aromatic carbocycles. The van der Waals surface area contributed by atoms with Crippen LogP contribution in [0, 0.1) is 5.92 Å². The van der Waals surface area contributed by atoms with Crippen molar-refractivity contribution in [1.82, 2.24) is 4.90 Å². The van der Waals surface area contributed by atoms with Crippen LogP contribution >= 0.6 is 15.9 Å². The van der Waals surface area contributed by atoms with Gasteiger partial charge in [0.05, 0.1) is 5.92 Å². The summed E-state index contributed by atoms with van der Waals surface area (Å²) >= 11 is 3.53. The van der Waals surface area contributed by atoms with Gasteiger partial charge in [0.25, 0.3) is 0 Å². The van der Waals surface area contributed by atoms with Crippen molar-refractivity contribution in [2.45, 2.75) is 44.7 Å². The van der Waals surface area contributed by atoms with Gasteiger partial charge in [-0.05, 0) is 31.4 Å². The van der Waals surface area contributed by atoms with Crippen LogP contribution in [0.3, 0.4) is 0 Å². The van der Waals surface area contributed by atoms with E-state index in [0.29, 0.717) is 6.54 Å². The molecule has 1 aliphatic rings. The number of nitrogens with two attached hydrogens (primary N) is 1. The number of carbonyl (C=O) groups excluding carboxylic acids is 1. The first-order valence-electron chi connectivity index (χ1n) is 7.19. The maximum Gasteiger partial charge on any atom is 0.227 e. The monoisotopic (exact) mass is 338 g/mol. The van der Waals surface area contributed by atoms with E-state index in [1.807, 2.05) is 38.2 Å². The molecule has 20 heavy (non-hydrogen) atoms. The summed E-state index contributed by atoms with van der Waals surface area (Å²) in [7, 11) is 1.87. The zero-order valence-electron chi connectivity index (χ0n) is 12.2. The normalized spacial score (nSPS) is 26.3. The van der Waals surface area contributed by atoms with Gasteiger partial charge in [-0.2, -0.15) is 0 Å². The Hall–Kier alpha value is -0.870.